The number of hydrogen-bond acceptors (Lipinski definition) is 1. The van der Waals surface area contributed by atoms with Crippen LogP contribution in [0.4, 0.5) is 23.7 Å². The topological polar surface area (TPSA) is 41.1 Å². The van der Waals surface area contributed by atoms with Gasteiger partial charge in [0.25, 0.3) is 0 Å². The standard InChI is InChI=1S/C10H11F3N2O/c1-6-3-4-8(5-7(6)2)14-9(16)15-10(11,12)13/h3-5H,1-2H3,(H2,14,15,16). The van der Waals surface area contributed by atoms with Crippen LogP contribution in [0, 0.1) is 13.8 Å². The van der Waals surface area contributed by atoms with Gasteiger partial charge in [-0.15, -0.1) is 0 Å². The molecule has 1 aromatic rings. The molecule has 2 amide bonds. The lowest BCUT2D eigenvalue weighted by atomic mass is 10.1. The second kappa shape index (κ2) is 4.42. The molecule has 0 aliphatic rings. The zero-order valence-electron chi connectivity index (χ0n) is 8.77. The van der Waals surface area contributed by atoms with Crippen molar-refractivity contribution < 1.29 is 18.0 Å². The lowest BCUT2D eigenvalue weighted by molar-refractivity contribution is -0.144. The summed E-state index contributed by atoms with van der Waals surface area (Å²) in [7, 11) is 0. The molecule has 0 unspecified atom stereocenters. The number of aryl methyl sites for hydroxylation is 2. The fraction of sp³-hybridized carbons (Fsp3) is 0.300. The first-order chi connectivity index (χ1) is 7.28. The third-order valence-corrected chi connectivity index (χ3v) is 2.02. The van der Waals surface area contributed by atoms with E-state index < -0.39 is 12.3 Å². The summed E-state index contributed by atoms with van der Waals surface area (Å²) in [4.78, 5) is 10.9. The van der Waals surface area contributed by atoms with E-state index in [4.69, 9.17) is 0 Å². The van der Waals surface area contributed by atoms with Crippen molar-refractivity contribution in [3.8, 4) is 0 Å². The van der Waals surface area contributed by atoms with E-state index in [1.165, 1.54) is 6.07 Å². The maximum atomic E-state index is 11.8. The largest absolute Gasteiger partial charge is 0.485 e. The van der Waals surface area contributed by atoms with Gasteiger partial charge in [-0.25, -0.2) is 10.1 Å². The number of carbonyl (C=O) groups excluding carboxylic acids is 1. The van der Waals surface area contributed by atoms with Crippen LogP contribution in [-0.2, 0) is 0 Å². The van der Waals surface area contributed by atoms with Gasteiger partial charge in [-0.1, -0.05) is 6.07 Å². The molecule has 0 spiro atoms. The summed E-state index contributed by atoms with van der Waals surface area (Å²) in [6.07, 6.45) is -4.72. The summed E-state index contributed by atoms with van der Waals surface area (Å²) in [5.74, 6) is 0. The summed E-state index contributed by atoms with van der Waals surface area (Å²) in [5, 5.41) is 2.95. The van der Waals surface area contributed by atoms with Crippen LogP contribution < -0.4 is 10.6 Å². The van der Waals surface area contributed by atoms with Crippen LogP contribution in [0.2, 0.25) is 0 Å². The maximum Gasteiger partial charge on any atom is 0.485 e. The van der Waals surface area contributed by atoms with Gasteiger partial charge in [0.1, 0.15) is 0 Å². The number of hydrogen-bond donors (Lipinski definition) is 2. The Morgan fingerprint density at radius 2 is 1.81 bits per heavy atom. The number of urea groups is 1. The number of rotatable bonds is 1. The number of carbonyl (C=O) groups is 1. The SMILES string of the molecule is Cc1ccc(NC(=O)NC(F)(F)F)cc1C. The zero-order valence-corrected chi connectivity index (χ0v) is 8.77. The fourth-order valence-electron chi connectivity index (χ4n) is 1.11. The van der Waals surface area contributed by atoms with Gasteiger partial charge in [0, 0.05) is 5.69 Å². The van der Waals surface area contributed by atoms with Crippen LogP contribution in [0.25, 0.3) is 0 Å². The summed E-state index contributed by atoms with van der Waals surface area (Å²) >= 11 is 0. The van der Waals surface area contributed by atoms with Crippen molar-refractivity contribution in [2.75, 3.05) is 5.32 Å². The van der Waals surface area contributed by atoms with Crippen LogP contribution in [0.3, 0.4) is 0 Å². The summed E-state index contributed by atoms with van der Waals surface area (Å²) in [6, 6.07) is 3.57. The molecule has 1 rings (SSSR count). The quantitative estimate of drug-likeness (QED) is 0.718. The van der Waals surface area contributed by atoms with Crippen molar-refractivity contribution in [2.45, 2.75) is 20.1 Å². The third-order valence-electron chi connectivity index (χ3n) is 2.02. The Hall–Kier alpha value is -1.72. The number of benzene rings is 1. The summed E-state index contributed by atoms with van der Waals surface area (Å²) in [5.41, 5.74) is 2.22. The minimum Gasteiger partial charge on any atom is -0.308 e. The molecule has 16 heavy (non-hydrogen) atoms. The molecule has 0 atom stereocenters. The molecule has 0 saturated heterocycles. The monoisotopic (exact) mass is 232 g/mol. The lowest BCUT2D eigenvalue weighted by Gasteiger charge is -2.10. The van der Waals surface area contributed by atoms with Gasteiger partial charge in [-0.2, -0.15) is 13.2 Å². The highest BCUT2D eigenvalue weighted by molar-refractivity contribution is 5.89. The second-order valence-electron chi connectivity index (χ2n) is 3.38. The van der Waals surface area contributed by atoms with E-state index in [0.29, 0.717) is 5.69 Å². The predicted octanol–water partition coefficient (Wildman–Crippen LogP) is 2.94. The van der Waals surface area contributed by atoms with Crippen molar-refractivity contribution in [3.05, 3.63) is 29.3 Å². The van der Waals surface area contributed by atoms with E-state index in [9.17, 15) is 18.0 Å². The molecule has 1 aromatic carbocycles. The molecule has 0 heterocycles. The minimum atomic E-state index is -4.72. The van der Waals surface area contributed by atoms with Crippen molar-refractivity contribution in [3.63, 3.8) is 0 Å². The van der Waals surface area contributed by atoms with Gasteiger partial charge in [0.2, 0.25) is 0 Å². The van der Waals surface area contributed by atoms with Crippen molar-refractivity contribution in [2.24, 2.45) is 0 Å². The smallest absolute Gasteiger partial charge is 0.308 e. The average Bonchev–Trinajstić information content (AvgIpc) is 2.08. The molecule has 0 fully saturated rings. The molecule has 0 aliphatic heterocycles. The normalized spacial score (nSPS) is 11.1. The van der Waals surface area contributed by atoms with E-state index >= 15 is 0 Å². The number of nitrogens with one attached hydrogen (secondary N) is 2. The number of amides is 2. The molecule has 0 aliphatic carbocycles. The molecule has 3 nitrogen and oxygen atoms in total. The second-order valence-corrected chi connectivity index (χ2v) is 3.38. The Morgan fingerprint density at radius 3 is 2.31 bits per heavy atom. The lowest BCUT2D eigenvalue weighted by Crippen LogP contribution is -2.40. The van der Waals surface area contributed by atoms with Crippen LogP contribution in [0.15, 0.2) is 18.2 Å². The van der Waals surface area contributed by atoms with Gasteiger partial charge in [0.15, 0.2) is 0 Å². The fourth-order valence-corrected chi connectivity index (χ4v) is 1.11. The first-order valence-electron chi connectivity index (χ1n) is 4.51. The summed E-state index contributed by atoms with van der Waals surface area (Å²) in [6.45, 7) is 3.68. The van der Waals surface area contributed by atoms with Crippen LogP contribution in [0.1, 0.15) is 11.1 Å². The number of alkyl halides is 3. The van der Waals surface area contributed by atoms with Gasteiger partial charge < -0.3 is 5.32 Å². The van der Waals surface area contributed by atoms with Gasteiger partial charge in [0.05, 0.1) is 0 Å². The van der Waals surface area contributed by atoms with Crippen molar-refractivity contribution in [1.29, 1.82) is 0 Å². The Kier molecular flexibility index (Phi) is 3.41. The van der Waals surface area contributed by atoms with Crippen molar-refractivity contribution >= 4 is 11.7 Å². The molecule has 2 N–H and O–H groups in total. The first-order valence-corrected chi connectivity index (χ1v) is 4.51. The molecule has 6 heteroatoms. The van der Waals surface area contributed by atoms with E-state index in [2.05, 4.69) is 5.32 Å². The highest BCUT2D eigenvalue weighted by atomic mass is 19.4. The van der Waals surface area contributed by atoms with Crippen molar-refractivity contribution in [1.82, 2.24) is 5.32 Å². The third kappa shape index (κ3) is 3.80. The molecule has 0 saturated carbocycles. The summed E-state index contributed by atoms with van der Waals surface area (Å²) < 4.78 is 35.3. The van der Waals surface area contributed by atoms with Crippen LogP contribution >= 0.6 is 0 Å². The maximum absolute atomic E-state index is 11.8. The van der Waals surface area contributed by atoms with E-state index in [-0.39, 0.29) is 0 Å². The molecular weight excluding hydrogens is 221 g/mol. The average molecular weight is 232 g/mol. The van der Waals surface area contributed by atoms with Gasteiger partial charge >= 0.3 is 12.3 Å². The molecule has 0 bridgehead atoms. The number of halogens is 3. The highest BCUT2D eigenvalue weighted by Gasteiger charge is 2.29. The van der Waals surface area contributed by atoms with E-state index in [1.807, 2.05) is 13.8 Å². The highest BCUT2D eigenvalue weighted by Crippen LogP contribution is 2.15. The van der Waals surface area contributed by atoms with Gasteiger partial charge in [-0.3, -0.25) is 0 Å². The molecule has 88 valence electrons. The molecule has 0 aromatic heterocycles. The predicted molar refractivity (Wildman–Crippen MR) is 54.1 cm³/mol. The Labute approximate surface area is 90.6 Å². The Morgan fingerprint density at radius 1 is 1.19 bits per heavy atom. The van der Waals surface area contributed by atoms with Crippen LogP contribution in [0.5, 0.6) is 0 Å². The minimum absolute atomic E-state index is 0.324. The van der Waals surface area contributed by atoms with E-state index in [0.717, 1.165) is 16.4 Å². The Bertz CT molecular complexity index is 402. The zero-order chi connectivity index (χ0) is 12.3. The number of anilines is 1. The Balaban J connectivity index is 2.67. The van der Waals surface area contributed by atoms with Crippen LogP contribution in [-0.4, -0.2) is 12.3 Å². The van der Waals surface area contributed by atoms with Gasteiger partial charge in [-0.05, 0) is 37.1 Å². The molecule has 0 radical (unpaired) electrons. The molecular formula is C10H11F3N2O. The first kappa shape index (κ1) is 12.4. The van der Waals surface area contributed by atoms with E-state index in [1.54, 1.807) is 12.1 Å².